The summed E-state index contributed by atoms with van der Waals surface area (Å²) in [7, 11) is -4.03. The van der Waals surface area contributed by atoms with Gasteiger partial charge in [0.2, 0.25) is 0 Å². The van der Waals surface area contributed by atoms with Crippen LogP contribution in [0.2, 0.25) is 0 Å². The van der Waals surface area contributed by atoms with Crippen LogP contribution in [-0.4, -0.2) is 37.1 Å². The fraction of sp³-hybridized carbons (Fsp3) is 0.217. The number of fused-ring (bicyclic) bond motifs is 1. The molecule has 8 nitrogen and oxygen atoms in total. The predicted octanol–water partition coefficient (Wildman–Crippen LogP) is 3.19. The summed E-state index contributed by atoms with van der Waals surface area (Å²) >= 11 is 0. The Hall–Kier alpha value is -3.59. The molecule has 3 aromatic rings. The number of aryl methyl sites for hydroxylation is 1. The largest absolute Gasteiger partial charge is 0.506 e. The van der Waals surface area contributed by atoms with Crippen LogP contribution in [0, 0.1) is 0 Å². The number of phenols is 1. The van der Waals surface area contributed by atoms with Crippen molar-refractivity contribution in [1.82, 2.24) is 4.72 Å². The van der Waals surface area contributed by atoms with Crippen molar-refractivity contribution in [2.24, 2.45) is 0 Å². The molecule has 1 amide bonds. The molecule has 9 heteroatoms. The highest BCUT2D eigenvalue weighted by Crippen LogP contribution is 2.36. The van der Waals surface area contributed by atoms with Crippen LogP contribution in [0.4, 0.5) is 5.69 Å². The van der Waals surface area contributed by atoms with E-state index in [2.05, 4.69) is 6.07 Å². The van der Waals surface area contributed by atoms with Crippen LogP contribution in [-0.2, 0) is 26.2 Å². The zero-order valence-electron chi connectivity index (χ0n) is 17.1. The van der Waals surface area contributed by atoms with E-state index in [1.165, 1.54) is 6.07 Å². The molecule has 1 fully saturated rings. The SMILES string of the molecule is O=C(O)CCCCc1cccc(-c2ccc3cc(O)c(N4CC(=O)NS4(=O)=O)cc3c2)c1. The summed E-state index contributed by atoms with van der Waals surface area (Å²) in [5.74, 6) is -1.67. The van der Waals surface area contributed by atoms with Crippen molar-refractivity contribution < 1.29 is 28.2 Å². The van der Waals surface area contributed by atoms with Crippen molar-refractivity contribution in [3.05, 3.63) is 60.2 Å². The maximum atomic E-state index is 12.2. The molecule has 0 spiro atoms. The van der Waals surface area contributed by atoms with Gasteiger partial charge in [0.25, 0.3) is 5.91 Å². The lowest BCUT2D eigenvalue weighted by molar-refractivity contribution is -0.137. The van der Waals surface area contributed by atoms with Gasteiger partial charge in [0, 0.05) is 6.42 Å². The number of hydrogen-bond donors (Lipinski definition) is 3. The number of unbranched alkanes of at least 4 members (excludes halogenated alkanes) is 1. The van der Waals surface area contributed by atoms with Gasteiger partial charge < -0.3 is 10.2 Å². The van der Waals surface area contributed by atoms with E-state index < -0.39 is 22.1 Å². The van der Waals surface area contributed by atoms with E-state index in [1.807, 2.05) is 41.1 Å². The molecule has 3 N–H and O–H groups in total. The van der Waals surface area contributed by atoms with E-state index in [4.69, 9.17) is 5.11 Å². The maximum absolute atomic E-state index is 12.2. The molecule has 1 aliphatic rings. The lowest BCUT2D eigenvalue weighted by Crippen LogP contribution is -2.29. The Morgan fingerprint density at radius 1 is 1.00 bits per heavy atom. The molecule has 1 saturated heterocycles. The van der Waals surface area contributed by atoms with Crippen LogP contribution in [0.1, 0.15) is 24.8 Å². The Kier molecular flexibility index (Phi) is 5.75. The number of anilines is 1. The molecular weight excluding hydrogens is 432 g/mol. The Bertz CT molecular complexity index is 1320. The third-order valence-electron chi connectivity index (χ3n) is 5.39. The fourth-order valence-electron chi connectivity index (χ4n) is 3.83. The highest BCUT2D eigenvalue weighted by Gasteiger charge is 2.35. The molecule has 0 aliphatic carbocycles. The van der Waals surface area contributed by atoms with E-state index in [9.17, 15) is 23.1 Å². The molecule has 1 aliphatic heterocycles. The molecule has 0 atom stereocenters. The van der Waals surface area contributed by atoms with Crippen molar-refractivity contribution in [3.8, 4) is 16.9 Å². The van der Waals surface area contributed by atoms with Gasteiger partial charge in [0.15, 0.2) is 0 Å². The molecule has 3 aromatic carbocycles. The minimum atomic E-state index is -4.03. The predicted molar refractivity (Wildman–Crippen MR) is 121 cm³/mol. The van der Waals surface area contributed by atoms with Crippen LogP contribution in [0.15, 0.2) is 54.6 Å². The second-order valence-corrected chi connectivity index (χ2v) is 9.34. The normalized spacial score (nSPS) is 15.1. The third kappa shape index (κ3) is 4.52. The van der Waals surface area contributed by atoms with E-state index in [-0.39, 0.29) is 24.4 Å². The Labute approximate surface area is 185 Å². The number of aromatic hydroxyl groups is 1. The average Bonchev–Trinajstić information content (AvgIpc) is 3.02. The van der Waals surface area contributed by atoms with E-state index in [1.54, 1.807) is 6.07 Å². The van der Waals surface area contributed by atoms with Gasteiger partial charge in [-0.15, -0.1) is 0 Å². The summed E-state index contributed by atoms with van der Waals surface area (Å²) in [6.45, 7) is -0.384. The number of phenolic OH excluding ortho intramolecular Hbond substituents is 1. The molecule has 0 bridgehead atoms. The highest BCUT2D eigenvalue weighted by atomic mass is 32.2. The van der Waals surface area contributed by atoms with Crippen molar-refractivity contribution in [3.63, 3.8) is 0 Å². The van der Waals surface area contributed by atoms with Gasteiger partial charge >= 0.3 is 16.2 Å². The van der Waals surface area contributed by atoms with Crippen LogP contribution in [0.25, 0.3) is 21.9 Å². The number of amides is 1. The van der Waals surface area contributed by atoms with Crippen LogP contribution in [0.3, 0.4) is 0 Å². The first-order valence-electron chi connectivity index (χ1n) is 10.1. The number of nitrogens with one attached hydrogen (secondary N) is 1. The summed E-state index contributed by atoms with van der Waals surface area (Å²) in [5.41, 5.74) is 3.04. The molecule has 4 rings (SSSR count). The summed E-state index contributed by atoms with van der Waals surface area (Å²) in [5, 5.41) is 20.6. The zero-order valence-corrected chi connectivity index (χ0v) is 17.9. The topological polar surface area (TPSA) is 124 Å². The van der Waals surface area contributed by atoms with Crippen LogP contribution in [0.5, 0.6) is 5.75 Å². The first-order chi connectivity index (χ1) is 15.2. The van der Waals surface area contributed by atoms with E-state index >= 15 is 0 Å². The fourth-order valence-corrected chi connectivity index (χ4v) is 4.98. The van der Waals surface area contributed by atoms with Crippen molar-refractivity contribution in [1.29, 1.82) is 0 Å². The molecule has 0 saturated carbocycles. The molecule has 0 radical (unpaired) electrons. The lowest BCUT2D eigenvalue weighted by atomic mass is 9.97. The first-order valence-corrected chi connectivity index (χ1v) is 11.6. The summed E-state index contributed by atoms with van der Waals surface area (Å²) < 4.78 is 27.1. The first kappa shape index (κ1) is 21.6. The lowest BCUT2D eigenvalue weighted by Gasteiger charge is -2.17. The number of carbonyl (C=O) groups excluding carboxylic acids is 1. The minimum Gasteiger partial charge on any atom is -0.506 e. The van der Waals surface area contributed by atoms with Gasteiger partial charge in [-0.25, -0.2) is 9.03 Å². The molecular formula is C23H22N2O6S. The van der Waals surface area contributed by atoms with Crippen molar-refractivity contribution >= 4 is 38.5 Å². The van der Waals surface area contributed by atoms with E-state index in [0.717, 1.165) is 44.6 Å². The van der Waals surface area contributed by atoms with Gasteiger partial charge in [-0.1, -0.05) is 36.4 Å². The Balaban J connectivity index is 1.64. The van der Waals surface area contributed by atoms with Crippen LogP contribution < -0.4 is 9.03 Å². The number of nitrogens with zero attached hydrogens (tertiary/aromatic N) is 1. The summed E-state index contributed by atoms with van der Waals surface area (Å²) in [6, 6.07) is 16.7. The Morgan fingerprint density at radius 2 is 1.78 bits per heavy atom. The average molecular weight is 455 g/mol. The van der Waals surface area contributed by atoms with Gasteiger partial charge in [-0.3, -0.25) is 9.59 Å². The second kappa shape index (κ2) is 8.51. The number of carboxylic acid groups (broad SMARTS) is 1. The summed E-state index contributed by atoms with van der Waals surface area (Å²) in [4.78, 5) is 22.2. The van der Waals surface area contributed by atoms with Crippen LogP contribution >= 0.6 is 0 Å². The van der Waals surface area contributed by atoms with Gasteiger partial charge in [0.1, 0.15) is 12.3 Å². The van der Waals surface area contributed by atoms with Gasteiger partial charge in [0.05, 0.1) is 5.69 Å². The molecule has 0 aromatic heterocycles. The van der Waals surface area contributed by atoms with Gasteiger partial charge in [-0.05, 0) is 64.9 Å². The second-order valence-electron chi connectivity index (χ2n) is 7.74. The molecule has 32 heavy (non-hydrogen) atoms. The Morgan fingerprint density at radius 3 is 2.50 bits per heavy atom. The quantitative estimate of drug-likeness (QED) is 0.471. The number of benzene rings is 3. The standard InChI is InChI=1S/C23H22N2O6S/c26-21-13-18-9-8-17(16-6-3-5-15(10-16)4-1-2-7-23(28)29)11-19(18)12-20(21)25-14-22(27)24-32(25,30)31/h3,5-6,8-13,26H,1-2,4,7,14H2,(H,24,27)(H,28,29). The highest BCUT2D eigenvalue weighted by molar-refractivity contribution is 7.92. The maximum Gasteiger partial charge on any atom is 0.326 e. The smallest absolute Gasteiger partial charge is 0.326 e. The molecule has 1 heterocycles. The van der Waals surface area contributed by atoms with Gasteiger partial charge in [-0.2, -0.15) is 8.42 Å². The third-order valence-corrected chi connectivity index (χ3v) is 6.78. The zero-order chi connectivity index (χ0) is 22.9. The monoisotopic (exact) mass is 454 g/mol. The minimum absolute atomic E-state index is 0.0418. The number of carbonyl (C=O) groups is 2. The number of hydrogen-bond acceptors (Lipinski definition) is 5. The number of aliphatic carboxylic acids is 1. The number of rotatable bonds is 7. The van der Waals surface area contributed by atoms with Crippen molar-refractivity contribution in [2.45, 2.75) is 25.7 Å². The molecule has 166 valence electrons. The molecule has 0 unspecified atom stereocenters. The van der Waals surface area contributed by atoms with Crippen molar-refractivity contribution in [2.75, 3.05) is 10.8 Å². The number of carboxylic acids is 1. The van der Waals surface area contributed by atoms with E-state index in [0.29, 0.717) is 6.42 Å². The summed E-state index contributed by atoms with van der Waals surface area (Å²) in [6.07, 6.45) is 2.35.